The van der Waals surface area contributed by atoms with Crippen molar-refractivity contribution in [1.82, 2.24) is 0 Å². The van der Waals surface area contributed by atoms with Gasteiger partial charge in [0.1, 0.15) is 12.4 Å². The molecule has 0 bridgehead atoms. The van der Waals surface area contributed by atoms with Crippen molar-refractivity contribution in [3.63, 3.8) is 0 Å². The molecular weight excluding hydrogens is 256 g/mol. The molecule has 19 heavy (non-hydrogen) atoms. The molecule has 0 aliphatic carbocycles. The zero-order valence-corrected chi connectivity index (χ0v) is 13.7. The maximum Gasteiger partial charge on any atom is 0.192 e. The zero-order valence-electron chi connectivity index (χ0n) is 12.7. The van der Waals surface area contributed by atoms with Crippen LogP contribution in [0.3, 0.4) is 0 Å². The Morgan fingerprint density at radius 1 is 1.16 bits per heavy atom. The van der Waals surface area contributed by atoms with Crippen LogP contribution in [-0.4, -0.2) is 26.6 Å². The molecule has 1 aromatic rings. The van der Waals surface area contributed by atoms with Crippen LogP contribution in [0.5, 0.6) is 5.75 Å². The molecule has 1 rings (SSSR count). The van der Waals surface area contributed by atoms with Gasteiger partial charge in [-0.2, -0.15) is 0 Å². The first-order valence-corrected chi connectivity index (χ1v) is 9.63. The molecule has 0 radical (unpaired) electrons. The van der Waals surface area contributed by atoms with Gasteiger partial charge in [-0.05, 0) is 35.8 Å². The molecule has 0 aromatic heterocycles. The van der Waals surface area contributed by atoms with Crippen LogP contribution in [0.4, 0.5) is 0 Å². The molecule has 1 N–H and O–H groups in total. The Kier molecular flexibility index (Phi) is 5.59. The Balaban J connectivity index is 2.39. The van der Waals surface area contributed by atoms with Gasteiger partial charge in [0.05, 0.1) is 13.2 Å². The third kappa shape index (κ3) is 4.97. The first kappa shape index (κ1) is 16.2. The highest BCUT2D eigenvalue weighted by molar-refractivity contribution is 6.74. The van der Waals surface area contributed by atoms with Gasteiger partial charge in [0, 0.05) is 0 Å². The molecule has 0 atom stereocenters. The molecule has 4 heteroatoms. The van der Waals surface area contributed by atoms with Crippen LogP contribution in [0.25, 0.3) is 0 Å². The van der Waals surface area contributed by atoms with E-state index >= 15 is 0 Å². The summed E-state index contributed by atoms with van der Waals surface area (Å²) in [7, 11) is -1.68. The predicted octanol–water partition coefficient (Wildman–Crippen LogP) is 3.58. The van der Waals surface area contributed by atoms with E-state index in [1.165, 1.54) is 0 Å². The van der Waals surface area contributed by atoms with Crippen LogP contribution in [0.1, 0.15) is 26.3 Å². The Hall–Kier alpha value is -0.843. The third-order valence-electron chi connectivity index (χ3n) is 3.70. The molecule has 0 heterocycles. The highest BCUT2D eigenvalue weighted by Crippen LogP contribution is 2.36. The number of benzene rings is 1. The molecule has 0 amide bonds. The monoisotopic (exact) mass is 282 g/mol. The summed E-state index contributed by atoms with van der Waals surface area (Å²) in [6.45, 7) is 12.3. The van der Waals surface area contributed by atoms with E-state index in [1.807, 2.05) is 24.3 Å². The topological polar surface area (TPSA) is 38.7 Å². The van der Waals surface area contributed by atoms with Crippen molar-refractivity contribution >= 4 is 8.32 Å². The molecule has 0 aliphatic heterocycles. The standard InChI is InChI=1S/C15H26O3Si/c1-15(2,3)19(4,5)18-10-9-17-14-8-6-7-13(11-14)12-16/h6-8,11,16H,9-10,12H2,1-5H3. The average molecular weight is 282 g/mol. The highest BCUT2D eigenvalue weighted by Gasteiger charge is 2.36. The third-order valence-corrected chi connectivity index (χ3v) is 8.24. The number of aliphatic hydroxyl groups is 1. The lowest BCUT2D eigenvalue weighted by Gasteiger charge is -2.36. The fourth-order valence-electron chi connectivity index (χ4n) is 1.41. The van der Waals surface area contributed by atoms with Gasteiger partial charge in [0.15, 0.2) is 8.32 Å². The van der Waals surface area contributed by atoms with Gasteiger partial charge < -0.3 is 14.3 Å². The Bertz CT molecular complexity index is 397. The summed E-state index contributed by atoms with van der Waals surface area (Å²) in [6.07, 6.45) is 0. The van der Waals surface area contributed by atoms with E-state index in [-0.39, 0.29) is 11.6 Å². The van der Waals surface area contributed by atoms with Crippen LogP contribution in [0.2, 0.25) is 18.1 Å². The van der Waals surface area contributed by atoms with Crippen LogP contribution in [0, 0.1) is 0 Å². The molecule has 3 nitrogen and oxygen atoms in total. The number of hydrogen-bond donors (Lipinski definition) is 1. The minimum atomic E-state index is -1.68. The summed E-state index contributed by atoms with van der Waals surface area (Å²) in [5, 5.41) is 9.28. The fraction of sp³-hybridized carbons (Fsp3) is 0.600. The van der Waals surface area contributed by atoms with Gasteiger partial charge in [-0.25, -0.2) is 0 Å². The lowest BCUT2D eigenvalue weighted by atomic mass is 10.2. The first-order chi connectivity index (χ1) is 8.76. The number of rotatable bonds is 6. The van der Waals surface area contributed by atoms with E-state index in [0.717, 1.165) is 11.3 Å². The Morgan fingerprint density at radius 3 is 2.42 bits per heavy atom. The van der Waals surface area contributed by atoms with Crippen molar-refractivity contribution in [2.75, 3.05) is 13.2 Å². The molecule has 0 aliphatic rings. The second kappa shape index (κ2) is 6.55. The summed E-state index contributed by atoms with van der Waals surface area (Å²) < 4.78 is 11.7. The van der Waals surface area contributed by atoms with Crippen LogP contribution in [-0.2, 0) is 11.0 Å². The molecule has 0 fully saturated rings. The number of hydrogen-bond acceptors (Lipinski definition) is 3. The molecule has 0 unspecified atom stereocenters. The van der Waals surface area contributed by atoms with Crippen molar-refractivity contribution in [2.24, 2.45) is 0 Å². The summed E-state index contributed by atoms with van der Waals surface area (Å²) >= 11 is 0. The summed E-state index contributed by atoms with van der Waals surface area (Å²) in [6, 6.07) is 7.51. The van der Waals surface area contributed by atoms with E-state index < -0.39 is 8.32 Å². The highest BCUT2D eigenvalue weighted by atomic mass is 28.4. The molecular formula is C15H26O3Si. The van der Waals surface area contributed by atoms with Crippen LogP contribution in [0.15, 0.2) is 24.3 Å². The average Bonchev–Trinajstić information content (AvgIpc) is 2.33. The zero-order chi connectivity index (χ0) is 14.5. The van der Waals surface area contributed by atoms with Crippen molar-refractivity contribution in [1.29, 1.82) is 0 Å². The summed E-state index contributed by atoms with van der Waals surface area (Å²) in [4.78, 5) is 0. The van der Waals surface area contributed by atoms with E-state index in [9.17, 15) is 0 Å². The van der Waals surface area contributed by atoms with E-state index in [0.29, 0.717) is 13.2 Å². The quantitative estimate of drug-likeness (QED) is 0.640. The van der Waals surface area contributed by atoms with Gasteiger partial charge in [-0.1, -0.05) is 32.9 Å². The van der Waals surface area contributed by atoms with Gasteiger partial charge in [-0.3, -0.25) is 0 Å². The lowest BCUT2D eigenvalue weighted by molar-refractivity contribution is 0.203. The number of ether oxygens (including phenoxy) is 1. The van der Waals surface area contributed by atoms with Gasteiger partial charge in [-0.15, -0.1) is 0 Å². The normalized spacial score (nSPS) is 12.5. The predicted molar refractivity (Wildman–Crippen MR) is 81.0 cm³/mol. The van der Waals surface area contributed by atoms with Crippen LogP contribution < -0.4 is 4.74 Å². The molecule has 0 saturated carbocycles. The summed E-state index contributed by atoms with van der Waals surface area (Å²) in [5.41, 5.74) is 0.864. The molecule has 0 spiro atoms. The maximum absolute atomic E-state index is 9.06. The van der Waals surface area contributed by atoms with Gasteiger partial charge in [0.25, 0.3) is 0 Å². The largest absolute Gasteiger partial charge is 0.491 e. The van der Waals surface area contributed by atoms with Crippen molar-refractivity contribution in [3.8, 4) is 5.75 Å². The molecule has 0 saturated heterocycles. The lowest BCUT2D eigenvalue weighted by Crippen LogP contribution is -2.41. The first-order valence-electron chi connectivity index (χ1n) is 6.73. The number of aliphatic hydroxyl groups excluding tert-OH is 1. The van der Waals surface area contributed by atoms with Crippen molar-refractivity contribution in [2.45, 2.75) is 45.5 Å². The van der Waals surface area contributed by atoms with Gasteiger partial charge in [0.2, 0.25) is 0 Å². The Labute approximate surface area is 117 Å². The van der Waals surface area contributed by atoms with Crippen LogP contribution >= 0.6 is 0 Å². The molecule has 1 aromatic carbocycles. The van der Waals surface area contributed by atoms with Gasteiger partial charge >= 0.3 is 0 Å². The molecule has 108 valence electrons. The second-order valence-electron chi connectivity index (χ2n) is 6.26. The Morgan fingerprint density at radius 2 is 1.84 bits per heavy atom. The van der Waals surface area contributed by atoms with Crippen molar-refractivity contribution < 1.29 is 14.3 Å². The maximum atomic E-state index is 9.06. The second-order valence-corrected chi connectivity index (χ2v) is 11.1. The smallest absolute Gasteiger partial charge is 0.192 e. The van der Waals surface area contributed by atoms with E-state index in [4.69, 9.17) is 14.3 Å². The fourth-order valence-corrected chi connectivity index (χ4v) is 2.43. The summed E-state index contributed by atoms with van der Waals surface area (Å²) in [5.74, 6) is 0.783. The minimum absolute atomic E-state index is 0.0394. The van der Waals surface area contributed by atoms with Crippen molar-refractivity contribution in [3.05, 3.63) is 29.8 Å². The SMILES string of the molecule is CC(C)(C)[Si](C)(C)OCCOc1cccc(CO)c1. The van der Waals surface area contributed by atoms with E-state index in [1.54, 1.807) is 0 Å². The minimum Gasteiger partial charge on any atom is -0.491 e. The van der Waals surface area contributed by atoms with E-state index in [2.05, 4.69) is 33.9 Å².